The van der Waals surface area contributed by atoms with Gasteiger partial charge in [0.25, 0.3) is 0 Å². The van der Waals surface area contributed by atoms with Crippen molar-refractivity contribution in [3.8, 4) is 0 Å². The van der Waals surface area contributed by atoms with Gasteiger partial charge in [-0.3, -0.25) is 0 Å². The summed E-state index contributed by atoms with van der Waals surface area (Å²) < 4.78 is 14.7. The highest BCUT2D eigenvalue weighted by atomic mass is 19.1. The van der Waals surface area contributed by atoms with E-state index in [1.165, 1.54) is 17.2 Å². The zero-order valence-corrected chi connectivity index (χ0v) is 17.9. The first-order chi connectivity index (χ1) is 12.8. The van der Waals surface area contributed by atoms with E-state index in [4.69, 9.17) is 5.11 Å². The topological polar surface area (TPSA) is 37.3 Å². The lowest BCUT2D eigenvalue weighted by molar-refractivity contribution is -0.132. The summed E-state index contributed by atoms with van der Waals surface area (Å²) in [4.78, 5) is 11.1. The SMILES string of the molecule is C=C(C(=C)c1cc2c(cc1C)C(C)(C)CCC2(C)C)/C(F)=C\C(=C/C)C(=O)O. The molecule has 28 heavy (non-hydrogen) atoms. The lowest BCUT2D eigenvalue weighted by Crippen LogP contribution is -2.34. The quantitative estimate of drug-likeness (QED) is 0.449. The van der Waals surface area contributed by atoms with E-state index in [1.54, 1.807) is 6.92 Å². The summed E-state index contributed by atoms with van der Waals surface area (Å²) in [6.45, 7) is 20.5. The van der Waals surface area contributed by atoms with E-state index in [-0.39, 0.29) is 22.0 Å². The zero-order chi connectivity index (χ0) is 21.4. The first-order valence-electron chi connectivity index (χ1n) is 9.63. The van der Waals surface area contributed by atoms with Gasteiger partial charge in [-0.2, -0.15) is 0 Å². The molecule has 0 radical (unpaired) electrons. The third-order valence-corrected chi connectivity index (χ3v) is 6.02. The second-order valence-corrected chi connectivity index (χ2v) is 8.98. The van der Waals surface area contributed by atoms with Crippen LogP contribution >= 0.6 is 0 Å². The summed E-state index contributed by atoms with van der Waals surface area (Å²) in [5, 5.41) is 9.11. The van der Waals surface area contributed by atoms with Gasteiger partial charge in [-0.05, 0) is 71.4 Å². The van der Waals surface area contributed by atoms with Crippen molar-refractivity contribution in [2.45, 2.75) is 65.2 Å². The third-order valence-electron chi connectivity index (χ3n) is 6.02. The molecule has 1 aromatic rings. The Balaban J connectivity index is 2.51. The van der Waals surface area contributed by atoms with Crippen molar-refractivity contribution >= 4 is 11.5 Å². The molecule has 0 bridgehead atoms. The minimum atomic E-state index is -1.18. The third kappa shape index (κ3) is 4.04. The molecule has 0 spiro atoms. The van der Waals surface area contributed by atoms with E-state index >= 15 is 0 Å². The highest BCUT2D eigenvalue weighted by molar-refractivity contribution is 5.91. The Hall–Kier alpha value is -2.42. The standard InChI is InChI=1S/C25H31FO2/c1-9-18(23(27)28)13-22(26)17(4)16(3)19-14-21-20(12-15(19)2)24(5,6)10-11-25(21,7)8/h9,12-14H,3-4,10-11H2,1-2,5-8H3,(H,27,28)/b18-9+,22-13+. The Bertz CT molecular complexity index is 911. The molecule has 1 aliphatic carbocycles. The maximum atomic E-state index is 14.7. The molecule has 0 heterocycles. The van der Waals surface area contributed by atoms with Crippen LogP contribution in [0.2, 0.25) is 0 Å². The van der Waals surface area contributed by atoms with Crippen LogP contribution in [0, 0.1) is 6.92 Å². The number of aliphatic carboxylic acids is 1. The number of aryl methyl sites for hydroxylation is 1. The molecule has 0 saturated carbocycles. The van der Waals surface area contributed by atoms with Gasteiger partial charge in [0.05, 0.1) is 5.57 Å². The zero-order valence-electron chi connectivity index (χ0n) is 17.9. The Kier molecular flexibility index (Phi) is 5.89. The molecule has 0 atom stereocenters. The molecule has 1 aromatic carbocycles. The van der Waals surface area contributed by atoms with Gasteiger partial charge in [0.2, 0.25) is 0 Å². The Morgan fingerprint density at radius 3 is 2.07 bits per heavy atom. The lowest BCUT2D eigenvalue weighted by Gasteiger charge is -2.42. The van der Waals surface area contributed by atoms with Crippen LogP contribution in [0.1, 0.15) is 69.7 Å². The van der Waals surface area contributed by atoms with E-state index < -0.39 is 11.8 Å². The number of rotatable bonds is 5. The summed E-state index contributed by atoms with van der Waals surface area (Å²) in [6.07, 6.45) is 4.56. The number of carboxylic acids is 1. The fourth-order valence-electron chi connectivity index (χ4n) is 3.85. The smallest absolute Gasteiger partial charge is 0.335 e. The van der Waals surface area contributed by atoms with Crippen LogP contribution in [-0.2, 0) is 15.6 Å². The van der Waals surface area contributed by atoms with Gasteiger partial charge in [0.1, 0.15) is 5.83 Å². The number of benzene rings is 1. The summed E-state index contributed by atoms with van der Waals surface area (Å²) >= 11 is 0. The van der Waals surface area contributed by atoms with Gasteiger partial charge >= 0.3 is 5.97 Å². The monoisotopic (exact) mass is 382 g/mol. The van der Waals surface area contributed by atoms with Crippen LogP contribution < -0.4 is 0 Å². The van der Waals surface area contributed by atoms with Gasteiger partial charge in [-0.25, -0.2) is 9.18 Å². The first kappa shape index (κ1) is 21.9. The molecule has 0 amide bonds. The van der Waals surface area contributed by atoms with Gasteiger partial charge in [-0.15, -0.1) is 0 Å². The van der Waals surface area contributed by atoms with Crippen molar-refractivity contribution in [3.05, 3.63) is 76.7 Å². The molecule has 0 aromatic heterocycles. The van der Waals surface area contributed by atoms with Crippen molar-refractivity contribution < 1.29 is 14.3 Å². The minimum absolute atomic E-state index is 0.0325. The molecular formula is C25H31FO2. The maximum absolute atomic E-state index is 14.7. The average Bonchev–Trinajstić information content (AvgIpc) is 2.61. The predicted octanol–water partition coefficient (Wildman–Crippen LogP) is 6.80. The second kappa shape index (κ2) is 7.54. The minimum Gasteiger partial charge on any atom is -0.478 e. The van der Waals surface area contributed by atoms with Gasteiger partial charge in [0, 0.05) is 5.57 Å². The largest absolute Gasteiger partial charge is 0.478 e. The molecule has 3 heteroatoms. The fourth-order valence-corrected chi connectivity index (χ4v) is 3.85. The van der Waals surface area contributed by atoms with Crippen molar-refractivity contribution in [3.63, 3.8) is 0 Å². The number of hydrogen-bond acceptors (Lipinski definition) is 1. The fraction of sp³-hybridized carbons (Fsp3) is 0.400. The van der Waals surface area contributed by atoms with Crippen LogP contribution in [0.15, 0.2) is 54.4 Å². The molecule has 2 nitrogen and oxygen atoms in total. The summed E-state index contributed by atoms with van der Waals surface area (Å²) in [6, 6.07) is 4.32. The second-order valence-electron chi connectivity index (χ2n) is 8.98. The number of halogens is 1. The highest BCUT2D eigenvalue weighted by Gasteiger charge is 2.37. The van der Waals surface area contributed by atoms with E-state index in [0.29, 0.717) is 5.57 Å². The van der Waals surface area contributed by atoms with Gasteiger partial charge in [0.15, 0.2) is 0 Å². The Labute approximate surface area is 168 Å². The normalized spacial score (nSPS) is 18.4. The molecule has 0 aliphatic heterocycles. The van der Waals surface area contributed by atoms with Crippen LogP contribution in [0.5, 0.6) is 0 Å². The van der Waals surface area contributed by atoms with Crippen LogP contribution in [0.25, 0.3) is 5.57 Å². The lowest BCUT2D eigenvalue weighted by atomic mass is 9.62. The molecule has 0 unspecified atom stereocenters. The summed E-state index contributed by atoms with van der Waals surface area (Å²) in [5.41, 5.74) is 5.08. The molecular weight excluding hydrogens is 351 g/mol. The molecule has 0 saturated heterocycles. The molecule has 150 valence electrons. The number of hydrogen-bond donors (Lipinski definition) is 1. The molecule has 2 rings (SSSR count). The highest BCUT2D eigenvalue weighted by Crippen LogP contribution is 2.47. The van der Waals surface area contributed by atoms with Crippen molar-refractivity contribution in [2.24, 2.45) is 0 Å². The predicted molar refractivity (Wildman–Crippen MR) is 115 cm³/mol. The van der Waals surface area contributed by atoms with Crippen molar-refractivity contribution in [2.75, 3.05) is 0 Å². The van der Waals surface area contributed by atoms with E-state index in [2.05, 4.69) is 53.0 Å². The van der Waals surface area contributed by atoms with Crippen LogP contribution in [0.3, 0.4) is 0 Å². The van der Waals surface area contributed by atoms with E-state index in [1.807, 2.05) is 6.92 Å². The van der Waals surface area contributed by atoms with Gasteiger partial charge < -0.3 is 5.11 Å². The number of carboxylic acid groups (broad SMARTS) is 1. The molecule has 1 aliphatic rings. The first-order valence-corrected chi connectivity index (χ1v) is 9.63. The van der Waals surface area contributed by atoms with Gasteiger partial charge in [-0.1, -0.05) is 59.1 Å². The Morgan fingerprint density at radius 1 is 1.11 bits per heavy atom. The van der Waals surface area contributed by atoms with Crippen molar-refractivity contribution in [1.82, 2.24) is 0 Å². The summed E-state index contributed by atoms with van der Waals surface area (Å²) in [7, 11) is 0. The molecule has 0 fully saturated rings. The number of carbonyl (C=O) groups is 1. The van der Waals surface area contributed by atoms with Crippen LogP contribution in [-0.4, -0.2) is 11.1 Å². The average molecular weight is 383 g/mol. The number of allylic oxidation sites excluding steroid dienone is 4. The maximum Gasteiger partial charge on any atom is 0.335 e. The van der Waals surface area contributed by atoms with E-state index in [0.717, 1.165) is 30.0 Å². The van der Waals surface area contributed by atoms with Crippen LogP contribution in [0.4, 0.5) is 4.39 Å². The van der Waals surface area contributed by atoms with E-state index in [9.17, 15) is 9.18 Å². The molecule has 1 N–H and O–H groups in total. The Morgan fingerprint density at radius 2 is 1.61 bits per heavy atom. The summed E-state index contributed by atoms with van der Waals surface area (Å²) in [5.74, 6) is -1.86. The van der Waals surface area contributed by atoms with Crippen molar-refractivity contribution in [1.29, 1.82) is 0 Å². The number of fused-ring (bicyclic) bond motifs is 1.